The SMILES string of the molecule is Cc1ccc(CCNc2ccc(Cc3ccc(NC(=O)C4CC4(C)C)cc3)cc2)cc1. The molecular weight excluding hydrogens is 380 g/mol. The lowest BCUT2D eigenvalue weighted by Crippen LogP contribution is -2.16. The monoisotopic (exact) mass is 412 g/mol. The van der Waals surface area contributed by atoms with E-state index in [1.165, 1.54) is 22.3 Å². The average Bonchev–Trinajstić information content (AvgIpc) is 3.41. The minimum atomic E-state index is 0.142. The average molecular weight is 413 g/mol. The van der Waals surface area contributed by atoms with Crippen molar-refractivity contribution in [3.8, 4) is 0 Å². The number of carbonyl (C=O) groups is 1. The van der Waals surface area contributed by atoms with Crippen molar-refractivity contribution in [3.05, 3.63) is 95.1 Å². The Bertz CT molecular complexity index is 1020. The van der Waals surface area contributed by atoms with Gasteiger partial charge in [-0.3, -0.25) is 4.79 Å². The van der Waals surface area contributed by atoms with Crippen molar-refractivity contribution >= 4 is 17.3 Å². The fourth-order valence-electron chi connectivity index (χ4n) is 3.93. The quantitative estimate of drug-likeness (QED) is 0.461. The second-order valence-electron chi connectivity index (χ2n) is 9.47. The molecule has 0 aliphatic heterocycles. The van der Waals surface area contributed by atoms with Crippen LogP contribution in [0.5, 0.6) is 0 Å². The van der Waals surface area contributed by atoms with Crippen LogP contribution in [0.1, 0.15) is 42.5 Å². The second kappa shape index (κ2) is 8.97. The van der Waals surface area contributed by atoms with Gasteiger partial charge in [0, 0.05) is 23.8 Å². The molecule has 0 spiro atoms. The van der Waals surface area contributed by atoms with Crippen LogP contribution in [0.25, 0.3) is 0 Å². The highest BCUT2D eigenvalue weighted by Crippen LogP contribution is 2.51. The Balaban J connectivity index is 1.24. The Hall–Kier alpha value is -3.07. The van der Waals surface area contributed by atoms with Gasteiger partial charge in [-0.25, -0.2) is 0 Å². The van der Waals surface area contributed by atoms with E-state index >= 15 is 0 Å². The molecule has 0 aromatic heterocycles. The molecule has 2 N–H and O–H groups in total. The molecule has 3 nitrogen and oxygen atoms in total. The third-order valence-electron chi connectivity index (χ3n) is 6.28. The van der Waals surface area contributed by atoms with Crippen molar-refractivity contribution in [2.45, 2.75) is 40.0 Å². The molecule has 4 rings (SSSR count). The highest BCUT2D eigenvalue weighted by Gasteiger charge is 2.50. The Morgan fingerprint density at radius 1 is 0.839 bits per heavy atom. The topological polar surface area (TPSA) is 41.1 Å². The van der Waals surface area contributed by atoms with Gasteiger partial charge in [-0.2, -0.15) is 0 Å². The van der Waals surface area contributed by atoms with E-state index in [-0.39, 0.29) is 17.2 Å². The lowest BCUT2D eigenvalue weighted by molar-refractivity contribution is -0.118. The molecule has 3 aromatic carbocycles. The lowest BCUT2D eigenvalue weighted by Gasteiger charge is -2.09. The zero-order valence-electron chi connectivity index (χ0n) is 18.7. The normalized spacial score (nSPS) is 16.5. The molecule has 1 saturated carbocycles. The molecule has 0 bridgehead atoms. The predicted molar refractivity (Wildman–Crippen MR) is 130 cm³/mol. The van der Waals surface area contributed by atoms with Crippen LogP contribution in [0.4, 0.5) is 11.4 Å². The summed E-state index contributed by atoms with van der Waals surface area (Å²) in [6.07, 6.45) is 2.88. The standard InChI is InChI=1S/C28H32N2O/c1-20-4-6-21(7-5-20)16-17-29-24-12-8-22(9-13-24)18-23-10-14-25(15-11-23)30-27(31)26-19-28(26,2)3/h4-15,26,29H,16-19H2,1-3H3,(H,30,31). The number of amides is 1. The summed E-state index contributed by atoms with van der Waals surface area (Å²) < 4.78 is 0. The van der Waals surface area contributed by atoms with E-state index in [0.29, 0.717) is 0 Å². The summed E-state index contributed by atoms with van der Waals surface area (Å²) in [5.41, 5.74) is 7.36. The largest absolute Gasteiger partial charge is 0.385 e. The number of anilines is 2. The number of hydrogen-bond acceptors (Lipinski definition) is 2. The van der Waals surface area contributed by atoms with Crippen molar-refractivity contribution in [3.63, 3.8) is 0 Å². The zero-order valence-corrected chi connectivity index (χ0v) is 18.7. The summed E-state index contributed by atoms with van der Waals surface area (Å²) in [5.74, 6) is 0.291. The van der Waals surface area contributed by atoms with Gasteiger partial charge in [-0.05, 0) is 72.6 Å². The van der Waals surface area contributed by atoms with Crippen LogP contribution in [0.15, 0.2) is 72.8 Å². The van der Waals surface area contributed by atoms with Crippen molar-refractivity contribution in [1.29, 1.82) is 0 Å². The third-order valence-corrected chi connectivity index (χ3v) is 6.28. The summed E-state index contributed by atoms with van der Waals surface area (Å²) in [7, 11) is 0. The van der Waals surface area contributed by atoms with Gasteiger partial charge < -0.3 is 10.6 Å². The number of carbonyl (C=O) groups excluding carboxylic acids is 1. The summed E-state index contributed by atoms with van der Waals surface area (Å²) in [6, 6.07) is 25.6. The molecular formula is C28H32N2O. The minimum Gasteiger partial charge on any atom is -0.385 e. The highest BCUT2D eigenvalue weighted by atomic mass is 16.2. The maximum Gasteiger partial charge on any atom is 0.228 e. The fourth-order valence-corrected chi connectivity index (χ4v) is 3.93. The molecule has 0 heterocycles. The van der Waals surface area contributed by atoms with Crippen molar-refractivity contribution in [2.75, 3.05) is 17.2 Å². The molecule has 3 heteroatoms. The van der Waals surface area contributed by atoms with E-state index in [4.69, 9.17) is 0 Å². The van der Waals surface area contributed by atoms with Gasteiger partial charge in [0.25, 0.3) is 0 Å². The maximum absolute atomic E-state index is 12.3. The molecule has 1 fully saturated rings. The first-order chi connectivity index (χ1) is 14.9. The summed E-state index contributed by atoms with van der Waals surface area (Å²) in [6.45, 7) is 7.33. The molecule has 1 atom stereocenters. The molecule has 1 aliphatic carbocycles. The second-order valence-corrected chi connectivity index (χ2v) is 9.47. The lowest BCUT2D eigenvalue weighted by atomic mass is 10.0. The minimum absolute atomic E-state index is 0.142. The number of nitrogens with one attached hydrogen (secondary N) is 2. The summed E-state index contributed by atoms with van der Waals surface area (Å²) in [5, 5.41) is 6.55. The Morgan fingerprint density at radius 2 is 1.35 bits per heavy atom. The van der Waals surface area contributed by atoms with E-state index < -0.39 is 0 Å². The van der Waals surface area contributed by atoms with Crippen LogP contribution in [-0.4, -0.2) is 12.5 Å². The van der Waals surface area contributed by atoms with Gasteiger partial charge in [-0.15, -0.1) is 0 Å². The first kappa shape index (κ1) is 21.2. The van der Waals surface area contributed by atoms with Crippen LogP contribution in [0.3, 0.4) is 0 Å². The molecule has 1 amide bonds. The first-order valence-electron chi connectivity index (χ1n) is 11.2. The Labute approximate surface area is 185 Å². The molecule has 1 unspecified atom stereocenters. The van der Waals surface area contributed by atoms with E-state index in [0.717, 1.165) is 37.2 Å². The van der Waals surface area contributed by atoms with Gasteiger partial charge in [-0.1, -0.05) is 67.9 Å². The smallest absolute Gasteiger partial charge is 0.228 e. The van der Waals surface area contributed by atoms with Crippen LogP contribution in [-0.2, 0) is 17.6 Å². The van der Waals surface area contributed by atoms with E-state index in [2.05, 4.69) is 92.1 Å². The van der Waals surface area contributed by atoms with E-state index in [1.807, 2.05) is 12.1 Å². The Morgan fingerprint density at radius 3 is 1.90 bits per heavy atom. The maximum atomic E-state index is 12.3. The van der Waals surface area contributed by atoms with Crippen molar-refractivity contribution in [2.24, 2.45) is 11.3 Å². The van der Waals surface area contributed by atoms with E-state index in [1.54, 1.807) is 0 Å². The number of benzene rings is 3. The van der Waals surface area contributed by atoms with Crippen molar-refractivity contribution in [1.82, 2.24) is 0 Å². The zero-order chi connectivity index (χ0) is 21.8. The van der Waals surface area contributed by atoms with Gasteiger partial charge in [0.05, 0.1) is 0 Å². The summed E-state index contributed by atoms with van der Waals surface area (Å²) >= 11 is 0. The van der Waals surface area contributed by atoms with E-state index in [9.17, 15) is 4.79 Å². The van der Waals surface area contributed by atoms with Crippen LogP contribution >= 0.6 is 0 Å². The molecule has 31 heavy (non-hydrogen) atoms. The molecule has 1 aliphatic rings. The molecule has 3 aromatic rings. The predicted octanol–water partition coefficient (Wildman–Crippen LogP) is 6.23. The number of hydrogen-bond donors (Lipinski definition) is 2. The van der Waals surface area contributed by atoms with Gasteiger partial charge >= 0.3 is 0 Å². The fraction of sp³-hybridized carbons (Fsp3) is 0.321. The van der Waals surface area contributed by atoms with Gasteiger partial charge in [0.1, 0.15) is 0 Å². The third kappa shape index (κ3) is 5.75. The van der Waals surface area contributed by atoms with Crippen LogP contribution < -0.4 is 10.6 Å². The number of aryl methyl sites for hydroxylation is 1. The number of rotatable bonds is 8. The van der Waals surface area contributed by atoms with Crippen molar-refractivity contribution < 1.29 is 4.79 Å². The highest BCUT2D eigenvalue weighted by molar-refractivity contribution is 5.94. The molecule has 0 radical (unpaired) electrons. The first-order valence-corrected chi connectivity index (χ1v) is 11.2. The van der Waals surface area contributed by atoms with Gasteiger partial charge in [0.15, 0.2) is 0 Å². The van der Waals surface area contributed by atoms with Gasteiger partial charge in [0.2, 0.25) is 5.91 Å². The summed E-state index contributed by atoms with van der Waals surface area (Å²) in [4.78, 5) is 12.3. The Kier molecular flexibility index (Phi) is 6.13. The molecule has 0 saturated heterocycles. The van der Waals surface area contributed by atoms with Crippen LogP contribution in [0, 0.1) is 18.3 Å². The van der Waals surface area contributed by atoms with Crippen LogP contribution in [0.2, 0.25) is 0 Å². The molecule has 160 valence electrons.